The standard InChI is InChI=1S/C64H41NS2/c1-63(2)49-21-8-3-15-42(49)43-34-33-40(37-54(43)63)65(39-31-29-38(30-32-39)41-20-13-28-58-59(41)48-19-7-12-27-57(48)66-58)55-25-14-24-52-60(55)46-17-4-9-22-50(46)64(52)51-23-10-5-18-47(51)61-53(64)36-35-45-44-16-6-11-26-56(44)67-62(45)61/h3-37H,1-2H3. The minimum absolute atomic E-state index is 0.149. The second-order valence-electron chi connectivity index (χ2n) is 19.1. The van der Waals surface area contributed by atoms with E-state index in [0.717, 1.165) is 11.4 Å². The van der Waals surface area contributed by atoms with Gasteiger partial charge in [-0.2, -0.15) is 0 Å². The minimum atomic E-state index is -0.489. The average molecular weight is 888 g/mol. The topological polar surface area (TPSA) is 3.24 Å². The van der Waals surface area contributed by atoms with Crippen molar-refractivity contribution in [2.75, 3.05) is 4.90 Å². The van der Waals surface area contributed by atoms with Gasteiger partial charge in [-0.1, -0.05) is 178 Å². The second-order valence-corrected chi connectivity index (χ2v) is 21.2. The Morgan fingerprint density at radius 3 is 1.72 bits per heavy atom. The first kappa shape index (κ1) is 37.6. The summed E-state index contributed by atoms with van der Waals surface area (Å²) in [4.78, 5) is 2.55. The zero-order valence-corrected chi connectivity index (χ0v) is 38.6. The molecule has 1 nitrogen and oxygen atoms in total. The number of rotatable bonds is 4. The summed E-state index contributed by atoms with van der Waals surface area (Å²) in [6, 6.07) is 80.6. The summed E-state index contributed by atoms with van der Waals surface area (Å²) in [6.07, 6.45) is 0. The van der Waals surface area contributed by atoms with Crippen LogP contribution in [0.4, 0.5) is 17.1 Å². The van der Waals surface area contributed by atoms with Crippen LogP contribution in [0.2, 0.25) is 0 Å². The van der Waals surface area contributed by atoms with E-state index in [2.05, 4.69) is 231 Å². The predicted octanol–water partition coefficient (Wildman–Crippen LogP) is 18.2. The van der Waals surface area contributed by atoms with Gasteiger partial charge in [-0.15, -0.1) is 22.7 Å². The highest BCUT2D eigenvalue weighted by atomic mass is 32.1. The Hall–Kier alpha value is -7.56. The Kier molecular flexibility index (Phi) is 7.59. The molecular formula is C64H41NS2. The third-order valence-corrected chi connectivity index (χ3v) is 17.8. The molecule has 0 fully saturated rings. The Morgan fingerprint density at radius 2 is 0.925 bits per heavy atom. The number of fused-ring (bicyclic) bond motifs is 20. The molecule has 1 unspecified atom stereocenters. The van der Waals surface area contributed by atoms with E-state index in [9.17, 15) is 0 Å². The third kappa shape index (κ3) is 4.87. The lowest BCUT2D eigenvalue weighted by Gasteiger charge is -2.32. The minimum Gasteiger partial charge on any atom is -0.310 e. The van der Waals surface area contributed by atoms with Crippen molar-refractivity contribution >= 4 is 80.1 Å². The first-order chi connectivity index (χ1) is 33.0. The molecule has 0 amide bonds. The zero-order valence-electron chi connectivity index (χ0n) is 37.0. The molecule has 1 spiro atoms. The Morgan fingerprint density at radius 1 is 0.358 bits per heavy atom. The van der Waals surface area contributed by atoms with E-state index in [1.54, 1.807) is 0 Å². The summed E-state index contributed by atoms with van der Waals surface area (Å²) in [6.45, 7) is 4.77. The van der Waals surface area contributed by atoms with Crippen LogP contribution < -0.4 is 4.90 Å². The highest BCUT2D eigenvalue weighted by Gasteiger charge is 2.53. The molecule has 2 heterocycles. The Labute approximate surface area is 397 Å². The van der Waals surface area contributed by atoms with Gasteiger partial charge in [0.25, 0.3) is 0 Å². The van der Waals surface area contributed by atoms with E-state index in [1.165, 1.54) is 124 Å². The van der Waals surface area contributed by atoms with Gasteiger partial charge in [-0.3, -0.25) is 0 Å². The van der Waals surface area contributed by atoms with E-state index in [-0.39, 0.29) is 5.41 Å². The molecule has 3 aliphatic rings. The summed E-state index contributed by atoms with van der Waals surface area (Å²) in [5.41, 5.74) is 21.4. The maximum Gasteiger partial charge on any atom is 0.0726 e. The maximum absolute atomic E-state index is 2.55. The summed E-state index contributed by atoms with van der Waals surface area (Å²) in [5, 5.41) is 5.33. The molecule has 67 heavy (non-hydrogen) atoms. The highest BCUT2D eigenvalue weighted by Crippen LogP contribution is 2.66. The fourth-order valence-electron chi connectivity index (χ4n) is 12.7. The average Bonchev–Trinajstić information content (AvgIpc) is 4.16. The molecule has 15 rings (SSSR count). The van der Waals surface area contributed by atoms with Gasteiger partial charge in [0.2, 0.25) is 0 Å². The number of hydrogen-bond acceptors (Lipinski definition) is 3. The van der Waals surface area contributed by atoms with E-state index in [4.69, 9.17) is 0 Å². The monoisotopic (exact) mass is 887 g/mol. The first-order valence-electron chi connectivity index (χ1n) is 23.3. The van der Waals surface area contributed by atoms with Gasteiger partial charge >= 0.3 is 0 Å². The van der Waals surface area contributed by atoms with Crippen molar-refractivity contribution in [1.29, 1.82) is 0 Å². The molecule has 2 aromatic heterocycles. The van der Waals surface area contributed by atoms with E-state index < -0.39 is 5.41 Å². The van der Waals surface area contributed by atoms with Crippen LogP contribution in [-0.4, -0.2) is 0 Å². The van der Waals surface area contributed by atoms with Gasteiger partial charge in [0, 0.05) is 68.3 Å². The van der Waals surface area contributed by atoms with Crippen molar-refractivity contribution in [3.05, 3.63) is 246 Å². The van der Waals surface area contributed by atoms with Gasteiger partial charge in [0.05, 0.1) is 11.1 Å². The van der Waals surface area contributed by atoms with Crippen LogP contribution in [0, 0.1) is 0 Å². The smallest absolute Gasteiger partial charge is 0.0726 e. The maximum atomic E-state index is 2.55. The van der Waals surface area contributed by atoms with Crippen LogP contribution in [0.3, 0.4) is 0 Å². The lowest BCUT2D eigenvalue weighted by atomic mass is 9.70. The van der Waals surface area contributed by atoms with Crippen LogP contribution in [0.25, 0.3) is 84.9 Å². The molecule has 1 atom stereocenters. The molecule has 3 heteroatoms. The lowest BCUT2D eigenvalue weighted by Crippen LogP contribution is -2.26. The molecule has 0 bridgehead atoms. The number of hydrogen-bond donors (Lipinski definition) is 0. The number of thiophene rings is 2. The Bertz CT molecular complexity index is 4090. The van der Waals surface area contributed by atoms with E-state index in [0.29, 0.717) is 0 Å². The van der Waals surface area contributed by atoms with Gasteiger partial charge in [-0.25, -0.2) is 0 Å². The fourth-order valence-corrected chi connectivity index (χ4v) is 15.1. The van der Waals surface area contributed by atoms with Crippen molar-refractivity contribution < 1.29 is 0 Å². The molecule has 0 aliphatic heterocycles. The molecule has 12 aromatic rings. The Balaban J connectivity index is 0.985. The molecule has 0 saturated heterocycles. The molecule has 10 aromatic carbocycles. The normalized spacial score (nSPS) is 15.8. The third-order valence-electron chi connectivity index (χ3n) is 15.5. The molecule has 0 N–H and O–H groups in total. The summed E-state index contributed by atoms with van der Waals surface area (Å²) in [5.74, 6) is 0. The number of nitrogens with zero attached hydrogens (tertiary/aromatic N) is 1. The molecule has 3 aliphatic carbocycles. The SMILES string of the molecule is CC1(C)c2ccccc2-c2ccc(N(c3ccc(-c4cccc5sc6ccccc6c45)cc3)c3cccc4c3-c3ccccc3C43c4ccccc4-c4c3ccc3c4sc4ccccc43)cc21. The lowest BCUT2D eigenvalue weighted by molar-refractivity contribution is 0.660. The number of benzene rings is 10. The first-order valence-corrected chi connectivity index (χ1v) is 25.0. The van der Waals surface area contributed by atoms with Crippen LogP contribution in [-0.2, 0) is 10.8 Å². The van der Waals surface area contributed by atoms with Gasteiger partial charge < -0.3 is 4.90 Å². The van der Waals surface area contributed by atoms with Gasteiger partial charge in [-0.05, 0) is 115 Å². The molecule has 0 radical (unpaired) electrons. The zero-order chi connectivity index (χ0) is 44.2. The van der Waals surface area contributed by atoms with Crippen LogP contribution >= 0.6 is 22.7 Å². The van der Waals surface area contributed by atoms with Gasteiger partial charge in [0.15, 0.2) is 0 Å². The van der Waals surface area contributed by atoms with E-state index in [1.807, 2.05) is 22.7 Å². The van der Waals surface area contributed by atoms with Crippen molar-refractivity contribution in [1.82, 2.24) is 0 Å². The summed E-state index contributed by atoms with van der Waals surface area (Å²) < 4.78 is 5.36. The van der Waals surface area contributed by atoms with Crippen molar-refractivity contribution in [2.24, 2.45) is 0 Å². The second kappa shape index (κ2) is 13.5. The van der Waals surface area contributed by atoms with E-state index >= 15 is 0 Å². The molecular weight excluding hydrogens is 847 g/mol. The fraction of sp³-hybridized carbons (Fsp3) is 0.0625. The predicted molar refractivity (Wildman–Crippen MR) is 286 cm³/mol. The molecule has 314 valence electrons. The van der Waals surface area contributed by atoms with Crippen molar-refractivity contribution in [2.45, 2.75) is 24.7 Å². The van der Waals surface area contributed by atoms with Crippen LogP contribution in [0.5, 0.6) is 0 Å². The largest absolute Gasteiger partial charge is 0.310 e. The van der Waals surface area contributed by atoms with Crippen LogP contribution in [0.15, 0.2) is 212 Å². The van der Waals surface area contributed by atoms with Crippen molar-refractivity contribution in [3.8, 4) is 44.5 Å². The van der Waals surface area contributed by atoms with Crippen molar-refractivity contribution in [3.63, 3.8) is 0 Å². The van der Waals surface area contributed by atoms with Gasteiger partial charge in [0.1, 0.15) is 0 Å². The summed E-state index contributed by atoms with van der Waals surface area (Å²) >= 11 is 3.81. The quantitative estimate of drug-likeness (QED) is 0.170. The molecule has 0 saturated carbocycles. The summed E-state index contributed by atoms with van der Waals surface area (Å²) in [7, 11) is 0. The number of anilines is 3. The highest BCUT2D eigenvalue weighted by molar-refractivity contribution is 7.26. The van der Waals surface area contributed by atoms with Crippen LogP contribution in [0.1, 0.15) is 47.2 Å².